The van der Waals surface area contributed by atoms with Crippen LogP contribution in [0.4, 0.5) is 0 Å². The van der Waals surface area contributed by atoms with Crippen LogP contribution >= 0.6 is 0 Å². The molecular weight excluding hydrogens is 526 g/mol. The van der Waals surface area contributed by atoms with Gasteiger partial charge in [0.1, 0.15) is 10.9 Å². The van der Waals surface area contributed by atoms with Crippen molar-refractivity contribution in [3.63, 3.8) is 0 Å². The molecule has 0 aliphatic carbocycles. The minimum absolute atomic E-state index is 0.0544. The number of carbonyl (C=O) groups excluding carboxylic acids is 3. The molecule has 3 aromatic carbocycles. The normalized spacial score (nSPS) is 14.4. The van der Waals surface area contributed by atoms with Gasteiger partial charge in [-0.25, -0.2) is 12.7 Å². The van der Waals surface area contributed by atoms with Gasteiger partial charge in [-0.05, 0) is 36.6 Å². The minimum atomic E-state index is -4.05. The van der Waals surface area contributed by atoms with Gasteiger partial charge in [0.25, 0.3) is 15.9 Å². The standard InChI is InChI=1S/C31H35N3O5S/c1-3-4-19-32-30(36)27(21-24-10-6-5-7-11-24)33(22-25-16-14-23(2)15-17-25)29(35)18-20-34-31(37)26-12-8-9-13-28(26)40(34,38)39/h5-17,27H,3-4,18-22H2,1-2H3,(H,32,36)/t27-/m0/s1. The average molecular weight is 562 g/mol. The topological polar surface area (TPSA) is 104 Å². The number of aryl methyl sites for hydroxylation is 1. The summed E-state index contributed by atoms with van der Waals surface area (Å²) in [5.74, 6) is -1.33. The van der Waals surface area contributed by atoms with Gasteiger partial charge >= 0.3 is 0 Å². The molecule has 0 bridgehead atoms. The maximum Gasteiger partial charge on any atom is 0.269 e. The zero-order chi connectivity index (χ0) is 28.7. The lowest BCUT2D eigenvalue weighted by atomic mass is 10.0. The van der Waals surface area contributed by atoms with Gasteiger partial charge < -0.3 is 10.2 Å². The maximum atomic E-state index is 13.8. The molecule has 0 fully saturated rings. The fourth-order valence-corrected chi connectivity index (χ4v) is 6.31. The van der Waals surface area contributed by atoms with Crippen molar-refractivity contribution in [2.24, 2.45) is 0 Å². The van der Waals surface area contributed by atoms with Gasteiger partial charge in [0.05, 0.1) is 5.56 Å². The fraction of sp³-hybridized carbons (Fsp3) is 0.323. The van der Waals surface area contributed by atoms with E-state index in [2.05, 4.69) is 5.32 Å². The average Bonchev–Trinajstić information content (AvgIpc) is 3.15. The Labute approximate surface area is 236 Å². The highest BCUT2D eigenvalue weighted by Gasteiger charge is 2.41. The van der Waals surface area contributed by atoms with Gasteiger partial charge in [0.2, 0.25) is 11.8 Å². The number of hydrogen-bond acceptors (Lipinski definition) is 5. The van der Waals surface area contributed by atoms with E-state index in [1.807, 2.05) is 68.4 Å². The summed E-state index contributed by atoms with van der Waals surface area (Å²) >= 11 is 0. The first-order chi connectivity index (χ1) is 19.2. The second-order valence-electron chi connectivity index (χ2n) is 9.99. The molecule has 4 rings (SSSR count). The maximum absolute atomic E-state index is 13.8. The number of nitrogens with one attached hydrogen (secondary N) is 1. The van der Waals surface area contributed by atoms with E-state index in [1.165, 1.54) is 17.0 Å². The Morgan fingerprint density at radius 3 is 2.27 bits per heavy atom. The molecule has 1 N–H and O–H groups in total. The molecule has 1 aliphatic rings. The van der Waals surface area contributed by atoms with Crippen LogP contribution in [-0.4, -0.2) is 54.5 Å². The smallest absolute Gasteiger partial charge is 0.269 e. The van der Waals surface area contributed by atoms with Gasteiger partial charge in [-0.1, -0.05) is 85.6 Å². The Kier molecular flexibility index (Phi) is 9.37. The molecule has 0 radical (unpaired) electrons. The van der Waals surface area contributed by atoms with Crippen LogP contribution in [0.5, 0.6) is 0 Å². The number of hydrogen-bond donors (Lipinski definition) is 1. The first kappa shape index (κ1) is 29.0. The zero-order valence-electron chi connectivity index (χ0n) is 22.9. The third kappa shape index (κ3) is 6.59. The van der Waals surface area contributed by atoms with Crippen LogP contribution in [0.15, 0.2) is 83.8 Å². The molecule has 1 aliphatic heterocycles. The largest absolute Gasteiger partial charge is 0.354 e. The number of fused-ring (bicyclic) bond motifs is 1. The van der Waals surface area contributed by atoms with Crippen molar-refractivity contribution in [2.45, 2.75) is 57.0 Å². The second kappa shape index (κ2) is 12.9. The zero-order valence-corrected chi connectivity index (χ0v) is 23.7. The van der Waals surface area contributed by atoms with Gasteiger partial charge in [-0.15, -0.1) is 0 Å². The van der Waals surface area contributed by atoms with Crippen LogP contribution in [0.25, 0.3) is 0 Å². The lowest BCUT2D eigenvalue weighted by Gasteiger charge is -2.32. The Morgan fingerprint density at radius 2 is 1.60 bits per heavy atom. The number of sulfonamides is 1. The molecule has 210 valence electrons. The molecule has 40 heavy (non-hydrogen) atoms. The Bertz CT molecular complexity index is 1460. The number of unbranched alkanes of at least 4 members (excludes halogenated alkanes) is 1. The van der Waals surface area contributed by atoms with Crippen LogP contribution in [0.3, 0.4) is 0 Å². The summed E-state index contributed by atoms with van der Waals surface area (Å²) < 4.78 is 26.8. The molecule has 0 aromatic heterocycles. The highest BCUT2D eigenvalue weighted by Crippen LogP contribution is 2.30. The van der Waals surface area contributed by atoms with E-state index in [1.54, 1.807) is 12.1 Å². The molecule has 3 aromatic rings. The monoisotopic (exact) mass is 561 g/mol. The molecule has 3 amide bonds. The van der Waals surface area contributed by atoms with Gasteiger partial charge in [0, 0.05) is 32.5 Å². The fourth-order valence-electron chi connectivity index (χ4n) is 4.74. The predicted octanol–water partition coefficient (Wildman–Crippen LogP) is 4.09. The van der Waals surface area contributed by atoms with Crippen LogP contribution in [0.2, 0.25) is 0 Å². The van der Waals surface area contributed by atoms with Crippen molar-refractivity contribution in [3.05, 3.63) is 101 Å². The van der Waals surface area contributed by atoms with Gasteiger partial charge in [-0.2, -0.15) is 0 Å². The van der Waals surface area contributed by atoms with Crippen molar-refractivity contribution in [2.75, 3.05) is 13.1 Å². The third-order valence-corrected chi connectivity index (χ3v) is 8.86. The number of benzene rings is 3. The van der Waals surface area contributed by atoms with E-state index < -0.39 is 27.9 Å². The van der Waals surface area contributed by atoms with E-state index >= 15 is 0 Å². The lowest BCUT2D eigenvalue weighted by Crippen LogP contribution is -2.51. The predicted molar refractivity (Wildman–Crippen MR) is 153 cm³/mol. The Hall–Kier alpha value is -3.98. The molecular formula is C31H35N3O5S. The number of amides is 3. The van der Waals surface area contributed by atoms with E-state index in [0.717, 1.165) is 33.8 Å². The van der Waals surface area contributed by atoms with E-state index in [9.17, 15) is 22.8 Å². The van der Waals surface area contributed by atoms with E-state index in [0.29, 0.717) is 13.0 Å². The summed E-state index contributed by atoms with van der Waals surface area (Å²) in [4.78, 5) is 41.7. The van der Waals surface area contributed by atoms with Crippen molar-refractivity contribution >= 4 is 27.7 Å². The summed E-state index contributed by atoms with van der Waals surface area (Å²) in [6.07, 6.45) is 1.77. The van der Waals surface area contributed by atoms with Crippen LogP contribution in [-0.2, 0) is 32.6 Å². The molecule has 8 nitrogen and oxygen atoms in total. The van der Waals surface area contributed by atoms with Crippen LogP contribution < -0.4 is 5.32 Å². The van der Waals surface area contributed by atoms with Crippen LogP contribution in [0.1, 0.15) is 53.2 Å². The first-order valence-electron chi connectivity index (χ1n) is 13.5. The minimum Gasteiger partial charge on any atom is -0.354 e. The third-order valence-electron chi connectivity index (χ3n) is 7.01. The van der Waals surface area contributed by atoms with Gasteiger partial charge in [0.15, 0.2) is 0 Å². The van der Waals surface area contributed by atoms with E-state index in [-0.39, 0.29) is 35.9 Å². The lowest BCUT2D eigenvalue weighted by molar-refractivity contribution is -0.141. The number of rotatable bonds is 12. The molecule has 0 unspecified atom stereocenters. The van der Waals surface area contributed by atoms with Crippen molar-refractivity contribution in [3.8, 4) is 0 Å². The number of carbonyl (C=O) groups is 3. The summed E-state index contributed by atoms with van der Waals surface area (Å²) in [6, 6.07) is 22.4. The molecule has 1 heterocycles. The second-order valence-corrected chi connectivity index (χ2v) is 11.8. The Morgan fingerprint density at radius 1 is 0.925 bits per heavy atom. The molecule has 0 spiro atoms. The molecule has 0 saturated carbocycles. The first-order valence-corrected chi connectivity index (χ1v) is 15.0. The molecule has 1 atom stereocenters. The summed E-state index contributed by atoms with van der Waals surface area (Å²) in [7, 11) is -4.05. The summed E-state index contributed by atoms with van der Waals surface area (Å²) in [5.41, 5.74) is 2.91. The summed E-state index contributed by atoms with van der Waals surface area (Å²) in [6.45, 7) is 4.35. The Balaban J connectivity index is 1.62. The quantitative estimate of drug-likeness (QED) is 0.336. The molecule has 9 heteroatoms. The van der Waals surface area contributed by atoms with Gasteiger partial charge in [-0.3, -0.25) is 14.4 Å². The highest BCUT2D eigenvalue weighted by molar-refractivity contribution is 7.90. The van der Waals surface area contributed by atoms with Crippen molar-refractivity contribution in [1.29, 1.82) is 0 Å². The SMILES string of the molecule is CCCCNC(=O)[C@H](Cc1ccccc1)N(Cc1ccc(C)cc1)C(=O)CCN1C(=O)c2ccccc2S1(=O)=O. The van der Waals surface area contributed by atoms with Crippen LogP contribution in [0, 0.1) is 6.92 Å². The van der Waals surface area contributed by atoms with E-state index in [4.69, 9.17) is 0 Å². The molecule has 0 saturated heterocycles. The summed E-state index contributed by atoms with van der Waals surface area (Å²) in [5, 5.41) is 2.97. The highest BCUT2D eigenvalue weighted by atomic mass is 32.2. The number of nitrogens with zero attached hydrogens (tertiary/aromatic N) is 2. The van der Waals surface area contributed by atoms with Crippen molar-refractivity contribution in [1.82, 2.24) is 14.5 Å². The van der Waals surface area contributed by atoms with Crippen molar-refractivity contribution < 1.29 is 22.8 Å².